The van der Waals surface area contributed by atoms with Crippen LogP contribution in [-0.4, -0.2) is 37.5 Å². The van der Waals surface area contributed by atoms with E-state index < -0.39 is 41.5 Å². The van der Waals surface area contributed by atoms with Crippen molar-refractivity contribution in [2.24, 2.45) is 0 Å². The van der Waals surface area contributed by atoms with Crippen molar-refractivity contribution in [2.75, 3.05) is 0 Å². The molecule has 0 aliphatic heterocycles. The molecule has 6 nitrogen and oxygen atoms in total. The van der Waals surface area contributed by atoms with Gasteiger partial charge in [0.15, 0.2) is 0 Å². The number of rotatable bonds is 7. The average molecular weight is 866 g/mol. The Morgan fingerprint density at radius 1 is 0.362 bits per heavy atom. The number of hydrogen-bond donors (Lipinski definition) is 0. The molecule has 282 valence electrons. The van der Waals surface area contributed by atoms with E-state index in [0.717, 1.165) is 51.6 Å². The molecule has 10 rings (SSSR count). The standard InChI is InChI=1S/3C15H10O2.C6H11.Sn/c3*16-15(17)14-12-7-3-1-5-10(12)9-11-6-2-4-8-13(11)14;1-2-4-6-5-3-1;/h3*1-9H,(H,16,17);1H,2-6H2;/q;;;;+3/p-3. The fraction of sp³-hybridized carbons (Fsp3) is 0.118. The van der Waals surface area contributed by atoms with Gasteiger partial charge in [-0.1, -0.05) is 0 Å². The Morgan fingerprint density at radius 2 is 0.603 bits per heavy atom. The van der Waals surface area contributed by atoms with Crippen LogP contribution in [0.5, 0.6) is 0 Å². The molecule has 0 amide bonds. The normalized spacial score (nSPS) is 13.7. The molecule has 1 aliphatic carbocycles. The molecule has 58 heavy (non-hydrogen) atoms. The van der Waals surface area contributed by atoms with Gasteiger partial charge in [-0.05, 0) is 0 Å². The molecule has 9 aromatic rings. The van der Waals surface area contributed by atoms with E-state index in [4.69, 9.17) is 9.22 Å². The van der Waals surface area contributed by atoms with Crippen LogP contribution in [0.3, 0.4) is 0 Å². The summed E-state index contributed by atoms with van der Waals surface area (Å²) in [6, 6.07) is 52.3. The van der Waals surface area contributed by atoms with Crippen molar-refractivity contribution in [3.05, 3.63) is 180 Å². The van der Waals surface area contributed by atoms with Gasteiger partial charge in [-0.15, -0.1) is 0 Å². The zero-order valence-corrected chi connectivity index (χ0v) is 34.5. The van der Waals surface area contributed by atoms with E-state index >= 15 is 14.4 Å². The zero-order chi connectivity index (χ0) is 39.2. The van der Waals surface area contributed by atoms with E-state index in [1.807, 2.05) is 146 Å². The van der Waals surface area contributed by atoms with Crippen molar-refractivity contribution in [1.82, 2.24) is 0 Å². The third kappa shape index (κ3) is 6.32. The molecule has 9 aromatic carbocycles. The van der Waals surface area contributed by atoms with Gasteiger partial charge in [0.2, 0.25) is 0 Å². The molecule has 0 heterocycles. The van der Waals surface area contributed by atoms with Gasteiger partial charge in [-0.3, -0.25) is 0 Å². The number of carbonyl (C=O) groups is 3. The summed E-state index contributed by atoms with van der Waals surface area (Å²) in [7, 11) is 0. The topological polar surface area (TPSA) is 78.9 Å². The molecular formula is C51H38O6Sn. The number of carbonyl (C=O) groups excluding carboxylic acids is 3. The summed E-state index contributed by atoms with van der Waals surface area (Å²) in [4.78, 5) is 45.8. The van der Waals surface area contributed by atoms with E-state index in [2.05, 4.69) is 18.2 Å². The number of fused-ring (bicyclic) bond motifs is 6. The monoisotopic (exact) mass is 866 g/mol. The minimum atomic E-state index is -5.86. The predicted octanol–water partition coefficient (Wildman–Crippen LogP) is 12.7. The molecule has 0 unspecified atom stereocenters. The van der Waals surface area contributed by atoms with E-state index in [-0.39, 0.29) is 0 Å². The summed E-state index contributed by atoms with van der Waals surface area (Å²) < 4.78 is 20.2. The summed E-state index contributed by atoms with van der Waals surface area (Å²) in [5.41, 5.74) is 1.05. The van der Waals surface area contributed by atoms with Crippen molar-refractivity contribution < 1.29 is 23.6 Å². The minimum absolute atomic E-state index is 0.351. The molecule has 0 spiro atoms. The predicted molar refractivity (Wildman–Crippen MR) is 233 cm³/mol. The van der Waals surface area contributed by atoms with Gasteiger partial charge >= 0.3 is 342 Å². The first-order valence-electron chi connectivity index (χ1n) is 19.9. The molecule has 0 saturated heterocycles. The van der Waals surface area contributed by atoms with Crippen LogP contribution in [-0.2, 0) is 9.22 Å². The molecule has 0 radical (unpaired) electrons. The zero-order valence-electron chi connectivity index (χ0n) is 31.7. The van der Waals surface area contributed by atoms with Crippen LogP contribution in [0.15, 0.2) is 164 Å². The molecule has 7 heteroatoms. The van der Waals surface area contributed by atoms with Gasteiger partial charge in [-0.2, -0.15) is 0 Å². The second kappa shape index (κ2) is 14.9. The maximum atomic E-state index is 15.3. The average Bonchev–Trinajstić information content (AvgIpc) is 3.26. The van der Waals surface area contributed by atoms with Gasteiger partial charge in [-0.25, -0.2) is 0 Å². The van der Waals surface area contributed by atoms with Gasteiger partial charge in [0.05, 0.1) is 0 Å². The van der Waals surface area contributed by atoms with Crippen LogP contribution in [0, 0.1) is 0 Å². The molecule has 0 aromatic heterocycles. The quantitative estimate of drug-likeness (QED) is 0.117. The molecule has 1 aliphatic rings. The summed E-state index contributed by atoms with van der Waals surface area (Å²) in [6.45, 7) is 0. The van der Waals surface area contributed by atoms with Crippen LogP contribution in [0.2, 0.25) is 3.93 Å². The summed E-state index contributed by atoms with van der Waals surface area (Å²) in [5, 5.41) is 9.40. The first-order chi connectivity index (χ1) is 28.5. The fourth-order valence-electron chi connectivity index (χ4n) is 9.01. The van der Waals surface area contributed by atoms with Crippen LogP contribution < -0.4 is 0 Å². The van der Waals surface area contributed by atoms with Crippen molar-refractivity contribution in [1.29, 1.82) is 0 Å². The Kier molecular flexibility index (Phi) is 9.29. The van der Waals surface area contributed by atoms with Crippen LogP contribution in [0.1, 0.15) is 63.2 Å². The van der Waals surface area contributed by atoms with Crippen molar-refractivity contribution in [3.63, 3.8) is 0 Å². The molecule has 0 atom stereocenters. The molecular weight excluding hydrogens is 827 g/mol. The van der Waals surface area contributed by atoms with E-state index in [9.17, 15) is 0 Å². The Labute approximate surface area is 340 Å². The van der Waals surface area contributed by atoms with Crippen molar-refractivity contribution in [2.45, 2.75) is 36.0 Å². The number of hydrogen-bond acceptors (Lipinski definition) is 6. The SMILES string of the molecule is O=C([O][Sn]([O]C(=O)c1c2ccccc2cc2ccccc12)([O]C(=O)c1c2ccccc2cc2ccccc12)[CH]1CCCCC1)c1c2ccccc2cc2ccccc12. The van der Waals surface area contributed by atoms with Gasteiger partial charge < -0.3 is 0 Å². The summed E-state index contributed by atoms with van der Waals surface area (Å²) in [5.74, 6) is -2.00. The Hall–Kier alpha value is -6.25. The van der Waals surface area contributed by atoms with Crippen LogP contribution in [0.25, 0.3) is 64.6 Å². The maximum absolute atomic E-state index is 15.3. The molecule has 0 bridgehead atoms. The molecule has 1 saturated carbocycles. The third-order valence-corrected chi connectivity index (χ3v) is 20.3. The van der Waals surface area contributed by atoms with E-state index in [0.29, 0.717) is 61.8 Å². The van der Waals surface area contributed by atoms with Gasteiger partial charge in [0, 0.05) is 0 Å². The first kappa shape index (κ1) is 36.1. The molecule has 0 N–H and O–H groups in total. The van der Waals surface area contributed by atoms with E-state index in [1.165, 1.54) is 0 Å². The van der Waals surface area contributed by atoms with Crippen molar-refractivity contribution >= 4 is 102 Å². The van der Waals surface area contributed by atoms with Gasteiger partial charge in [0.1, 0.15) is 0 Å². The fourth-order valence-corrected chi connectivity index (χ4v) is 17.1. The second-order valence-electron chi connectivity index (χ2n) is 15.2. The Morgan fingerprint density at radius 3 is 0.862 bits per heavy atom. The summed E-state index contributed by atoms with van der Waals surface area (Å²) >= 11 is -5.86. The third-order valence-electron chi connectivity index (χ3n) is 11.7. The second-order valence-corrected chi connectivity index (χ2v) is 22.7. The number of benzene rings is 9. The van der Waals surface area contributed by atoms with Crippen molar-refractivity contribution in [3.8, 4) is 0 Å². The summed E-state index contributed by atoms with van der Waals surface area (Å²) in [6.07, 6.45) is 3.80. The van der Waals surface area contributed by atoms with Crippen LogP contribution >= 0.6 is 0 Å². The van der Waals surface area contributed by atoms with Gasteiger partial charge in [0.25, 0.3) is 0 Å². The molecule has 1 fully saturated rings. The first-order valence-corrected chi connectivity index (χ1v) is 25.0. The Balaban J connectivity index is 1.20. The Bertz CT molecular complexity index is 2630. The van der Waals surface area contributed by atoms with Crippen LogP contribution in [0.4, 0.5) is 0 Å². The van der Waals surface area contributed by atoms with E-state index in [1.54, 1.807) is 0 Å².